The molecule has 3 aromatic rings. The Morgan fingerprint density at radius 3 is 2.71 bits per heavy atom. The van der Waals surface area contributed by atoms with Crippen molar-refractivity contribution in [1.29, 1.82) is 0 Å². The fraction of sp³-hybridized carbons (Fsp3) is 0.188. The second kappa shape index (κ2) is 6.93. The lowest BCUT2D eigenvalue weighted by Crippen LogP contribution is -2.11. The van der Waals surface area contributed by atoms with Crippen LogP contribution in [0.4, 0.5) is 5.13 Å². The Morgan fingerprint density at radius 2 is 2.04 bits per heavy atom. The number of carbonyl (C=O) groups excluding carboxylic acids is 1. The summed E-state index contributed by atoms with van der Waals surface area (Å²) in [6.45, 7) is 3.71. The Labute approximate surface area is 152 Å². The molecule has 2 aromatic heterocycles. The predicted octanol–water partition coefficient (Wildman–Crippen LogP) is 5.23. The van der Waals surface area contributed by atoms with E-state index in [2.05, 4.69) is 15.5 Å². The molecule has 0 aliphatic heterocycles. The van der Waals surface area contributed by atoms with Gasteiger partial charge in [-0.3, -0.25) is 10.1 Å². The Hall–Kier alpha value is -1.89. The number of amides is 1. The summed E-state index contributed by atoms with van der Waals surface area (Å²) in [5, 5.41) is 12.9. The number of anilines is 1. The van der Waals surface area contributed by atoms with E-state index in [1.807, 2.05) is 6.92 Å². The van der Waals surface area contributed by atoms with Gasteiger partial charge in [-0.1, -0.05) is 41.5 Å². The lowest BCUT2D eigenvalue weighted by Gasteiger charge is -1.99. The standard InChI is InChI=1S/C16H13Cl2N3O2S/c1-3-14-20-21-16(24-14)19-15(22)10-7-13(23-8(10)2)9-4-5-11(17)12(18)6-9/h4-7H,3H2,1-2H3,(H,19,21,22). The Kier molecular flexibility index (Phi) is 4.89. The third-order valence-corrected chi connectivity index (χ3v) is 5.08. The quantitative estimate of drug-likeness (QED) is 0.671. The number of nitrogens with one attached hydrogen (secondary N) is 1. The van der Waals surface area contributed by atoms with Crippen LogP contribution in [0.5, 0.6) is 0 Å². The summed E-state index contributed by atoms with van der Waals surface area (Å²) in [6.07, 6.45) is 0.778. The van der Waals surface area contributed by atoms with Gasteiger partial charge in [0, 0.05) is 5.56 Å². The van der Waals surface area contributed by atoms with Gasteiger partial charge in [0.15, 0.2) is 0 Å². The third kappa shape index (κ3) is 3.45. The lowest BCUT2D eigenvalue weighted by atomic mass is 10.1. The molecule has 0 atom stereocenters. The van der Waals surface area contributed by atoms with Crippen LogP contribution >= 0.6 is 34.5 Å². The maximum Gasteiger partial charge on any atom is 0.261 e. The zero-order valence-electron chi connectivity index (χ0n) is 12.9. The summed E-state index contributed by atoms with van der Waals surface area (Å²) < 4.78 is 5.69. The largest absolute Gasteiger partial charge is 0.461 e. The molecular formula is C16H13Cl2N3O2S. The molecule has 0 fully saturated rings. The number of rotatable bonds is 4. The van der Waals surface area contributed by atoms with Crippen molar-refractivity contribution in [2.75, 3.05) is 5.32 Å². The van der Waals surface area contributed by atoms with Gasteiger partial charge >= 0.3 is 0 Å². The lowest BCUT2D eigenvalue weighted by molar-refractivity contribution is 0.102. The molecule has 0 saturated heterocycles. The fourth-order valence-corrected chi connectivity index (χ4v) is 3.08. The van der Waals surface area contributed by atoms with E-state index >= 15 is 0 Å². The minimum absolute atomic E-state index is 0.290. The maximum absolute atomic E-state index is 12.4. The SMILES string of the molecule is CCc1nnc(NC(=O)c2cc(-c3ccc(Cl)c(Cl)c3)oc2C)s1. The molecule has 1 amide bonds. The van der Waals surface area contributed by atoms with Crippen molar-refractivity contribution in [3.05, 3.63) is 50.6 Å². The van der Waals surface area contributed by atoms with Crippen LogP contribution < -0.4 is 5.32 Å². The monoisotopic (exact) mass is 381 g/mol. The van der Waals surface area contributed by atoms with Crippen molar-refractivity contribution in [1.82, 2.24) is 10.2 Å². The molecule has 124 valence electrons. The number of carbonyl (C=O) groups is 1. The predicted molar refractivity (Wildman–Crippen MR) is 96.1 cm³/mol. The van der Waals surface area contributed by atoms with E-state index in [9.17, 15) is 4.79 Å². The van der Waals surface area contributed by atoms with Gasteiger partial charge in [0.05, 0.1) is 15.6 Å². The second-order valence-electron chi connectivity index (χ2n) is 5.02. The van der Waals surface area contributed by atoms with E-state index in [4.69, 9.17) is 27.6 Å². The van der Waals surface area contributed by atoms with Crippen LogP contribution in [0.2, 0.25) is 10.0 Å². The van der Waals surface area contributed by atoms with E-state index in [1.54, 1.807) is 31.2 Å². The van der Waals surface area contributed by atoms with Crippen LogP contribution in [-0.4, -0.2) is 16.1 Å². The van der Waals surface area contributed by atoms with Crippen LogP contribution in [0, 0.1) is 6.92 Å². The molecule has 2 heterocycles. The minimum Gasteiger partial charge on any atom is -0.461 e. The number of halogens is 2. The molecule has 1 N–H and O–H groups in total. The molecule has 0 bridgehead atoms. The number of benzene rings is 1. The molecule has 24 heavy (non-hydrogen) atoms. The summed E-state index contributed by atoms with van der Waals surface area (Å²) >= 11 is 13.3. The molecule has 0 aliphatic rings. The van der Waals surface area contributed by atoms with Crippen molar-refractivity contribution in [2.45, 2.75) is 20.3 Å². The summed E-state index contributed by atoms with van der Waals surface area (Å²) in [5.41, 5.74) is 1.18. The van der Waals surface area contributed by atoms with E-state index < -0.39 is 0 Å². The number of aromatic nitrogens is 2. The van der Waals surface area contributed by atoms with Gasteiger partial charge in [0.2, 0.25) is 5.13 Å². The van der Waals surface area contributed by atoms with E-state index in [-0.39, 0.29) is 5.91 Å². The Bertz CT molecular complexity index is 905. The van der Waals surface area contributed by atoms with Crippen LogP contribution in [0.1, 0.15) is 28.0 Å². The fourth-order valence-electron chi connectivity index (χ4n) is 2.11. The number of aryl methyl sites for hydroxylation is 2. The molecule has 3 rings (SSSR count). The number of furan rings is 1. The van der Waals surface area contributed by atoms with Crippen LogP contribution in [0.15, 0.2) is 28.7 Å². The van der Waals surface area contributed by atoms with E-state index in [0.717, 1.165) is 17.0 Å². The molecule has 0 unspecified atom stereocenters. The third-order valence-electron chi connectivity index (χ3n) is 3.36. The molecule has 0 spiro atoms. The maximum atomic E-state index is 12.4. The van der Waals surface area contributed by atoms with Crippen molar-refractivity contribution < 1.29 is 9.21 Å². The number of hydrogen-bond donors (Lipinski definition) is 1. The first-order valence-corrected chi connectivity index (χ1v) is 8.74. The van der Waals surface area contributed by atoms with Crippen LogP contribution in [0.25, 0.3) is 11.3 Å². The first kappa shape index (κ1) is 17.0. The van der Waals surface area contributed by atoms with E-state index in [0.29, 0.717) is 32.3 Å². The molecule has 0 radical (unpaired) electrons. The molecule has 5 nitrogen and oxygen atoms in total. The van der Waals surface area contributed by atoms with Gasteiger partial charge in [-0.25, -0.2) is 0 Å². The molecule has 0 aliphatic carbocycles. The van der Waals surface area contributed by atoms with Gasteiger partial charge in [-0.15, -0.1) is 10.2 Å². The van der Waals surface area contributed by atoms with Crippen molar-refractivity contribution in [3.8, 4) is 11.3 Å². The average Bonchev–Trinajstić information content (AvgIpc) is 3.16. The van der Waals surface area contributed by atoms with Gasteiger partial charge in [0.1, 0.15) is 16.5 Å². The smallest absolute Gasteiger partial charge is 0.261 e. The molecular weight excluding hydrogens is 369 g/mol. The zero-order chi connectivity index (χ0) is 17.3. The highest BCUT2D eigenvalue weighted by Crippen LogP contribution is 2.31. The zero-order valence-corrected chi connectivity index (χ0v) is 15.2. The van der Waals surface area contributed by atoms with Crippen molar-refractivity contribution in [2.24, 2.45) is 0 Å². The summed E-state index contributed by atoms with van der Waals surface area (Å²) in [4.78, 5) is 12.4. The minimum atomic E-state index is -0.290. The van der Waals surface area contributed by atoms with Crippen molar-refractivity contribution >= 4 is 45.6 Å². The summed E-state index contributed by atoms with van der Waals surface area (Å²) in [5.74, 6) is 0.762. The highest BCUT2D eigenvalue weighted by atomic mass is 35.5. The highest BCUT2D eigenvalue weighted by molar-refractivity contribution is 7.15. The highest BCUT2D eigenvalue weighted by Gasteiger charge is 2.18. The topological polar surface area (TPSA) is 68.0 Å². The summed E-state index contributed by atoms with van der Waals surface area (Å²) in [6, 6.07) is 6.84. The first-order chi connectivity index (χ1) is 11.5. The first-order valence-electron chi connectivity index (χ1n) is 7.17. The van der Waals surface area contributed by atoms with Gasteiger partial charge in [0.25, 0.3) is 5.91 Å². The van der Waals surface area contributed by atoms with Crippen LogP contribution in [-0.2, 0) is 6.42 Å². The Balaban J connectivity index is 1.85. The normalized spacial score (nSPS) is 10.8. The van der Waals surface area contributed by atoms with Crippen molar-refractivity contribution in [3.63, 3.8) is 0 Å². The average molecular weight is 382 g/mol. The van der Waals surface area contributed by atoms with Crippen LogP contribution in [0.3, 0.4) is 0 Å². The Morgan fingerprint density at radius 1 is 1.25 bits per heavy atom. The molecule has 8 heteroatoms. The van der Waals surface area contributed by atoms with Gasteiger partial charge < -0.3 is 4.42 Å². The number of hydrogen-bond acceptors (Lipinski definition) is 5. The number of nitrogens with zero attached hydrogens (tertiary/aromatic N) is 2. The van der Waals surface area contributed by atoms with Gasteiger partial charge in [-0.2, -0.15) is 0 Å². The second-order valence-corrected chi connectivity index (χ2v) is 6.89. The summed E-state index contributed by atoms with van der Waals surface area (Å²) in [7, 11) is 0. The molecule has 1 aromatic carbocycles. The molecule has 0 saturated carbocycles. The van der Waals surface area contributed by atoms with E-state index in [1.165, 1.54) is 11.3 Å². The van der Waals surface area contributed by atoms with Gasteiger partial charge in [-0.05, 0) is 37.6 Å².